The van der Waals surface area contributed by atoms with Crippen molar-refractivity contribution in [2.45, 2.75) is 19.8 Å². The molecule has 14 heavy (non-hydrogen) atoms. The summed E-state index contributed by atoms with van der Waals surface area (Å²) in [6, 6.07) is 1.30. The molecule has 0 bridgehead atoms. The molecule has 5 heteroatoms. The van der Waals surface area contributed by atoms with Gasteiger partial charge in [0.1, 0.15) is 5.56 Å². The van der Waals surface area contributed by atoms with Gasteiger partial charge in [0.05, 0.1) is 5.02 Å². The molecule has 0 saturated heterocycles. The van der Waals surface area contributed by atoms with Crippen molar-refractivity contribution in [3.63, 3.8) is 0 Å². The van der Waals surface area contributed by atoms with Crippen LogP contribution in [0.15, 0.2) is 10.9 Å². The summed E-state index contributed by atoms with van der Waals surface area (Å²) in [5, 5.41) is 0.355. The molecule has 0 aliphatic heterocycles. The first-order valence-corrected chi connectivity index (χ1v) is 4.53. The van der Waals surface area contributed by atoms with E-state index < -0.39 is 11.5 Å². The number of amides is 1. The van der Waals surface area contributed by atoms with E-state index in [0.29, 0.717) is 10.7 Å². The van der Waals surface area contributed by atoms with Gasteiger partial charge >= 0.3 is 0 Å². The summed E-state index contributed by atoms with van der Waals surface area (Å²) in [6.07, 6.45) is 0. The summed E-state index contributed by atoms with van der Waals surface area (Å²) in [4.78, 5) is 24.7. The highest BCUT2D eigenvalue weighted by Gasteiger charge is 2.12. The number of hydrogen-bond donors (Lipinski definition) is 2. The maximum atomic E-state index is 11.3. The number of pyridine rings is 1. The standard InChI is InChI=1S/C9H11ClN2O2/c1-4(2)7-6(10)3-5(8(11)13)9(14)12-7/h3-4H,1-2H3,(H2,11,13)(H,12,14). The molecule has 0 aliphatic carbocycles. The summed E-state index contributed by atoms with van der Waals surface area (Å²) >= 11 is 5.86. The zero-order valence-electron chi connectivity index (χ0n) is 7.93. The van der Waals surface area contributed by atoms with Crippen molar-refractivity contribution in [1.82, 2.24) is 4.98 Å². The fourth-order valence-electron chi connectivity index (χ4n) is 1.12. The molecular weight excluding hydrogens is 204 g/mol. The van der Waals surface area contributed by atoms with Crippen LogP contribution in [-0.4, -0.2) is 10.9 Å². The topological polar surface area (TPSA) is 75.9 Å². The molecule has 4 nitrogen and oxygen atoms in total. The van der Waals surface area contributed by atoms with Crippen LogP contribution in [-0.2, 0) is 0 Å². The number of nitrogens with two attached hydrogens (primary N) is 1. The van der Waals surface area contributed by atoms with Gasteiger partial charge in [-0.25, -0.2) is 0 Å². The molecule has 0 unspecified atom stereocenters. The molecular formula is C9H11ClN2O2. The first kappa shape index (κ1) is 10.8. The van der Waals surface area contributed by atoms with Crippen LogP contribution in [0, 0.1) is 0 Å². The highest BCUT2D eigenvalue weighted by Crippen LogP contribution is 2.20. The zero-order chi connectivity index (χ0) is 10.9. The number of aromatic amines is 1. The molecule has 0 fully saturated rings. The average molecular weight is 215 g/mol. The molecule has 1 amide bonds. The van der Waals surface area contributed by atoms with Gasteiger partial charge in [-0.3, -0.25) is 9.59 Å². The van der Waals surface area contributed by atoms with Crippen LogP contribution in [0.1, 0.15) is 35.8 Å². The van der Waals surface area contributed by atoms with Gasteiger partial charge in [-0.2, -0.15) is 0 Å². The lowest BCUT2D eigenvalue weighted by Gasteiger charge is -2.07. The first-order valence-electron chi connectivity index (χ1n) is 4.16. The molecule has 0 aromatic carbocycles. The highest BCUT2D eigenvalue weighted by atomic mass is 35.5. The second-order valence-electron chi connectivity index (χ2n) is 3.29. The van der Waals surface area contributed by atoms with Gasteiger partial charge < -0.3 is 10.7 Å². The van der Waals surface area contributed by atoms with Gasteiger partial charge in [0.15, 0.2) is 0 Å². The van der Waals surface area contributed by atoms with E-state index in [1.165, 1.54) is 6.07 Å². The number of halogens is 1. The molecule has 76 valence electrons. The van der Waals surface area contributed by atoms with Crippen molar-refractivity contribution in [3.05, 3.63) is 32.7 Å². The van der Waals surface area contributed by atoms with Gasteiger partial charge in [0, 0.05) is 5.69 Å². The minimum atomic E-state index is -0.775. The smallest absolute Gasteiger partial charge is 0.261 e. The second kappa shape index (κ2) is 3.84. The van der Waals surface area contributed by atoms with E-state index in [2.05, 4.69) is 4.98 Å². The van der Waals surface area contributed by atoms with Crippen molar-refractivity contribution in [1.29, 1.82) is 0 Å². The van der Waals surface area contributed by atoms with E-state index >= 15 is 0 Å². The van der Waals surface area contributed by atoms with Gasteiger partial charge in [-0.05, 0) is 12.0 Å². The Hall–Kier alpha value is -1.29. The third-order valence-corrected chi connectivity index (χ3v) is 2.18. The molecule has 0 aliphatic rings. The summed E-state index contributed by atoms with van der Waals surface area (Å²) in [5.41, 5.74) is 5.00. The van der Waals surface area contributed by atoms with Crippen LogP contribution in [0.3, 0.4) is 0 Å². The number of primary amides is 1. The Bertz CT molecular complexity index is 423. The Labute approximate surface area is 86.1 Å². The summed E-state index contributed by atoms with van der Waals surface area (Å²) in [6.45, 7) is 3.78. The van der Waals surface area contributed by atoms with Gasteiger partial charge in [0.25, 0.3) is 11.5 Å². The first-order chi connectivity index (χ1) is 6.43. The SMILES string of the molecule is CC(C)c1[nH]c(=O)c(C(N)=O)cc1Cl. The highest BCUT2D eigenvalue weighted by molar-refractivity contribution is 6.31. The van der Waals surface area contributed by atoms with Crippen molar-refractivity contribution in [2.24, 2.45) is 5.73 Å². The number of H-pyrrole nitrogens is 1. The van der Waals surface area contributed by atoms with E-state index in [9.17, 15) is 9.59 Å². The zero-order valence-corrected chi connectivity index (χ0v) is 8.68. The Morgan fingerprint density at radius 2 is 2.14 bits per heavy atom. The molecule has 3 N–H and O–H groups in total. The maximum absolute atomic E-state index is 11.3. The molecule has 1 aromatic rings. The minimum absolute atomic E-state index is 0.0946. The van der Waals surface area contributed by atoms with Crippen molar-refractivity contribution < 1.29 is 4.79 Å². The molecule has 1 rings (SSSR count). The lowest BCUT2D eigenvalue weighted by molar-refractivity contribution is 0.0999. The van der Waals surface area contributed by atoms with E-state index in [1.807, 2.05) is 13.8 Å². The third kappa shape index (κ3) is 1.96. The fourth-order valence-corrected chi connectivity index (χ4v) is 1.50. The number of carbonyl (C=O) groups is 1. The largest absolute Gasteiger partial charge is 0.365 e. The molecule has 1 aromatic heterocycles. The normalized spacial score (nSPS) is 10.6. The van der Waals surface area contributed by atoms with Crippen LogP contribution in [0.25, 0.3) is 0 Å². The molecule has 0 atom stereocenters. The van der Waals surface area contributed by atoms with E-state index in [4.69, 9.17) is 17.3 Å². The third-order valence-electron chi connectivity index (χ3n) is 1.86. The summed E-state index contributed by atoms with van der Waals surface area (Å²) in [5.74, 6) is -0.680. The predicted octanol–water partition coefficient (Wildman–Crippen LogP) is 1.25. The Kier molecular flexibility index (Phi) is 2.96. The van der Waals surface area contributed by atoms with Crippen LogP contribution in [0.5, 0.6) is 0 Å². The van der Waals surface area contributed by atoms with Gasteiger partial charge in [0.2, 0.25) is 0 Å². The van der Waals surface area contributed by atoms with Crippen molar-refractivity contribution in [3.8, 4) is 0 Å². The van der Waals surface area contributed by atoms with E-state index in [-0.39, 0.29) is 11.5 Å². The van der Waals surface area contributed by atoms with E-state index in [0.717, 1.165) is 0 Å². The summed E-state index contributed by atoms with van der Waals surface area (Å²) in [7, 11) is 0. The van der Waals surface area contributed by atoms with Crippen LogP contribution >= 0.6 is 11.6 Å². The van der Waals surface area contributed by atoms with Crippen LogP contribution < -0.4 is 11.3 Å². The van der Waals surface area contributed by atoms with Gasteiger partial charge in [-0.15, -0.1) is 0 Å². The Balaban J connectivity index is 3.39. The fraction of sp³-hybridized carbons (Fsp3) is 0.333. The lowest BCUT2D eigenvalue weighted by Crippen LogP contribution is -2.24. The number of nitrogens with one attached hydrogen (secondary N) is 1. The molecule has 0 radical (unpaired) electrons. The number of carbonyl (C=O) groups excluding carboxylic acids is 1. The quantitative estimate of drug-likeness (QED) is 0.778. The monoisotopic (exact) mass is 214 g/mol. The summed E-state index contributed by atoms with van der Waals surface area (Å²) < 4.78 is 0. The maximum Gasteiger partial charge on any atom is 0.261 e. The number of rotatable bonds is 2. The minimum Gasteiger partial charge on any atom is -0.365 e. The Morgan fingerprint density at radius 1 is 1.57 bits per heavy atom. The average Bonchev–Trinajstić information content (AvgIpc) is 2.07. The predicted molar refractivity (Wildman–Crippen MR) is 54.7 cm³/mol. The van der Waals surface area contributed by atoms with Crippen LogP contribution in [0.4, 0.5) is 0 Å². The van der Waals surface area contributed by atoms with E-state index in [1.54, 1.807) is 0 Å². The molecule has 1 heterocycles. The number of aromatic nitrogens is 1. The molecule has 0 saturated carbocycles. The van der Waals surface area contributed by atoms with Gasteiger partial charge in [-0.1, -0.05) is 25.4 Å². The number of hydrogen-bond acceptors (Lipinski definition) is 2. The second-order valence-corrected chi connectivity index (χ2v) is 3.70. The van der Waals surface area contributed by atoms with Crippen molar-refractivity contribution in [2.75, 3.05) is 0 Å². The lowest BCUT2D eigenvalue weighted by atomic mass is 10.1. The van der Waals surface area contributed by atoms with Crippen LogP contribution in [0.2, 0.25) is 5.02 Å². The van der Waals surface area contributed by atoms with Crippen molar-refractivity contribution >= 4 is 17.5 Å². The molecule has 0 spiro atoms. The Morgan fingerprint density at radius 3 is 2.57 bits per heavy atom.